The number of nitrogens with one attached hydrogen (secondary N) is 2. The van der Waals surface area contributed by atoms with Gasteiger partial charge in [-0.3, -0.25) is 9.36 Å². The summed E-state index contributed by atoms with van der Waals surface area (Å²) in [5.41, 5.74) is -0.484. The van der Waals surface area contributed by atoms with Crippen LogP contribution in [0.15, 0.2) is 51.9 Å². The second-order valence-corrected chi connectivity index (χ2v) is 7.01. The molecule has 10 nitrogen and oxygen atoms in total. The fourth-order valence-corrected chi connectivity index (χ4v) is 3.28. The lowest BCUT2D eigenvalue weighted by molar-refractivity contribution is 0.0951. The number of rotatable bonds is 7. The molecule has 3 heterocycles. The van der Waals surface area contributed by atoms with Crippen LogP contribution in [0, 0.1) is 13.8 Å². The number of ether oxygens (including phenoxy) is 1. The molecule has 0 unspecified atom stereocenters. The van der Waals surface area contributed by atoms with Crippen LogP contribution < -0.4 is 21.0 Å². The van der Waals surface area contributed by atoms with Crippen LogP contribution in [0.4, 0.5) is 5.82 Å². The van der Waals surface area contributed by atoms with Crippen molar-refractivity contribution in [1.82, 2.24) is 24.8 Å². The molecule has 4 aromatic rings. The van der Waals surface area contributed by atoms with Crippen molar-refractivity contribution in [2.45, 2.75) is 13.8 Å². The summed E-state index contributed by atoms with van der Waals surface area (Å²) in [7, 11) is 1.49. The summed E-state index contributed by atoms with van der Waals surface area (Å²) < 4.78 is 12.4. The number of fused-ring (bicyclic) bond motifs is 1. The molecule has 3 aromatic heterocycles. The van der Waals surface area contributed by atoms with E-state index >= 15 is 0 Å². The Bertz CT molecular complexity index is 1340. The molecule has 1 aromatic carbocycles. The molecule has 0 aliphatic carbocycles. The molecule has 2 N–H and O–H groups in total. The van der Waals surface area contributed by atoms with Gasteiger partial charge in [-0.15, -0.1) is 0 Å². The number of benzene rings is 1. The van der Waals surface area contributed by atoms with Crippen LogP contribution >= 0.6 is 0 Å². The fraction of sp³-hybridized carbons (Fsp3) is 0.227. The maximum Gasteiger partial charge on any atom is 0.349 e. The Morgan fingerprint density at radius 2 is 2.03 bits per heavy atom. The Morgan fingerprint density at radius 1 is 1.19 bits per heavy atom. The minimum absolute atomic E-state index is 0.0681. The fourth-order valence-electron chi connectivity index (χ4n) is 3.28. The summed E-state index contributed by atoms with van der Waals surface area (Å²) in [5.74, 6) is 2.65. The number of amides is 1. The molecule has 32 heavy (non-hydrogen) atoms. The van der Waals surface area contributed by atoms with E-state index in [1.807, 2.05) is 17.7 Å². The van der Waals surface area contributed by atoms with Crippen LogP contribution in [0.3, 0.4) is 0 Å². The number of aromatic nitrogens is 4. The van der Waals surface area contributed by atoms with E-state index < -0.39 is 11.5 Å². The maximum absolute atomic E-state index is 12.5. The molecule has 164 valence electrons. The third-order valence-electron chi connectivity index (χ3n) is 4.80. The van der Waals surface area contributed by atoms with Gasteiger partial charge in [0.05, 0.1) is 7.11 Å². The summed E-state index contributed by atoms with van der Waals surface area (Å²) in [6.07, 6.45) is 3.53. The largest absolute Gasteiger partial charge is 0.493 e. The third kappa shape index (κ3) is 4.29. The molecule has 0 aliphatic rings. The van der Waals surface area contributed by atoms with Crippen molar-refractivity contribution in [3.63, 3.8) is 0 Å². The molecule has 0 aliphatic heterocycles. The molecule has 0 bridgehead atoms. The Kier molecular flexibility index (Phi) is 5.84. The molecule has 1 amide bonds. The highest BCUT2D eigenvalue weighted by Gasteiger charge is 2.15. The normalized spacial score (nSPS) is 10.8. The minimum atomic E-state index is -0.723. The predicted octanol–water partition coefficient (Wildman–Crippen LogP) is 2.24. The number of methoxy groups -OCH3 is 1. The Morgan fingerprint density at radius 3 is 2.78 bits per heavy atom. The highest BCUT2D eigenvalue weighted by atomic mass is 16.5. The number of para-hydroxylation sites is 1. The van der Waals surface area contributed by atoms with Gasteiger partial charge >= 0.3 is 5.63 Å². The molecule has 4 rings (SSSR count). The zero-order chi connectivity index (χ0) is 22.7. The van der Waals surface area contributed by atoms with E-state index in [9.17, 15) is 9.59 Å². The predicted molar refractivity (Wildman–Crippen MR) is 118 cm³/mol. The van der Waals surface area contributed by atoms with Crippen molar-refractivity contribution in [1.29, 1.82) is 0 Å². The van der Waals surface area contributed by atoms with E-state index in [4.69, 9.17) is 9.15 Å². The number of anilines is 1. The number of hydrogen-bond donors (Lipinski definition) is 2. The number of nitrogens with zero attached hydrogens (tertiary/aromatic N) is 4. The summed E-state index contributed by atoms with van der Waals surface area (Å²) in [4.78, 5) is 37.8. The van der Waals surface area contributed by atoms with Gasteiger partial charge in [-0.2, -0.15) is 0 Å². The number of aryl methyl sites for hydroxylation is 2. The van der Waals surface area contributed by atoms with Crippen LogP contribution in [0.1, 0.15) is 22.0 Å². The Hall–Kier alpha value is -4.21. The van der Waals surface area contributed by atoms with Gasteiger partial charge in [-0.25, -0.2) is 19.7 Å². The first-order chi connectivity index (χ1) is 15.5. The smallest absolute Gasteiger partial charge is 0.349 e. The van der Waals surface area contributed by atoms with Crippen molar-refractivity contribution < 1.29 is 13.9 Å². The van der Waals surface area contributed by atoms with Gasteiger partial charge in [0.15, 0.2) is 11.3 Å². The number of carbonyl (C=O) groups excluding carboxylic acids is 1. The lowest BCUT2D eigenvalue weighted by Gasteiger charge is -2.11. The first-order valence-electron chi connectivity index (χ1n) is 9.95. The second-order valence-electron chi connectivity index (χ2n) is 7.01. The van der Waals surface area contributed by atoms with Crippen molar-refractivity contribution in [3.8, 4) is 11.6 Å². The highest BCUT2D eigenvalue weighted by molar-refractivity contribution is 5.97. The first-order valence-corrected chi connectivity index (χ1v) is 9.95. The summed E-state index contributed by atoms with van der Waals surface area (Å²) in [6, 6.07) is 8.49. The third-order valence-corrected chi connectivity index (χ3v) is 4.80. The van der Waals surface area contributed by atoms with Crippen LogP contribution in [0.25, 0.3) is 16.8 Å². The molecule has 0 fully saturated rings. The average molecular weight is 434 g/mol. The summed E-state index contributed by atoms with van der Waals surface area (Å²) in [5, 5.41) is 6.48. The molecule has 0 saturated carbocycles. The molecule has 0 spiro atoms. The van der Waals surface area contributed by atoms with Gasteiger partial charge in [-0.05, 0) is 26.0 Å². The van der Waals surface area contributed by atoms with Crippen molar-refractivity contribution in [2.24, 2.45) is 0 Å². The SMILES string of the molecule is COc1cccc2cc(C(=O)NCCNc3cc(-n4ccnc4C)nc(C)n3)c(=O)oc12. The monoisotopic (exact) mass is 434 g/mol. The van der Waals surface area contributed by atoms with Crippen molar-refractivity contribution in [3.05, 3.63) is 70.4 Å². The van der Waals surface area contributed by atoms with E-state index in [1.165, 1.54) is 13.2 Å². The van der Waals surface area contributed by atoms with E-state index in [0.717, 1.165) is 5.82 Å². The zero-order valence-electron chi connectivity index (χ0n) is 17.9. The summed E-state index contributed by atoms with van der Waals surface area (Å²) in [6.45, 7) is 4.37. The van der Waals surface area contributed by atoms with E-state index in [0.29, 0.717) is 40.7 Å². The van der Waals surface area contributed by atoms with Crippen LogP contribution in [0.2, 0.25) is 0 Å². The van der Waals surface area contributed by atoms with Crippen LogP contribution in [-0.4, -0.2) is 45.6 Å². The highest BCUT2D eigenvalue weighted by Crippen LogP contribution is 2.24. The van der Waals surface area contributed by atoms with Crippen LogP contribution in [0.5, 0.6) is 5.75 Å². The molecule has 10 heteroatoms. The van der Waals surface area contributed by atoms with E-state index in [2.05, 4.69) is 25.6 Å². The average Bonchev–Trinajstić information content (AvgIpc) is 3.21. The Labute approximate surface area is 183 Å². The molecule has 0 radical (unpaired) electrons. The van der Waals surface area contributed by atoms with Gasteiger partial charge in [0.2, 0.25) is 0 Å². The van der Waals surface area contributed by atoms with Crippen molar-refractivity contribution in [2.75, 3.05) is 25.5 Å². The topological polar surface area (TPSA) is 124 Å². The van der Waals surface area contributed by atoms with Gasteiger partial charge < -0.3 is 19.8 Å². The zero-order valence-corrected chi connectivity index (χ0v) is 17.9. The van der Waals surface area contributed by atoms with Crippen LogP contribution in [-0.2, 0) is 0 Å². The van der Waals surface area contributed by atoms with Crippen molar-refractivity contribution >= 4 is 22.7 Å². The standard InChI is InChI=1S/C22H22N6O4/c1-13-26-18(12-19(27-13)28-10-9-23-14(28)2)24-7-8-25-21(29)16-11-15-5-4-6-17(31-3)20(15)32-22(16)30/h4-6,9-12H,7-8H2,1-3H3,(H,25,29)(H,24,26,27). The molecule has 0 saturated heterocycles. The van der Waals surface area contributed by atoms with E-state index in [-0.39, 0.29) is 12.1 Å². The van der Waals surface area contributed by atoms with Gasteiger partial charge in [0.25, 0.3) is 5.91 Å². The second kappa shape index (κ2) is 8.88. The number of imidazole rings is 1. The van der Waals surface area contributed by atoms with Gasteiger partial charge in [0, 0.05) is 36.9 Å². The lowest BCUT2D eigenvalue weighted by atomic mass is 10.1. The number of carbonyl (C=O) groups is 1. The molecule has 0 atom stereocenters. The van der Waals surface area contributed by atoms with Gasteiger partial charge in [0.1, 0.15) is 28.8 Å². The Balaban J connectivity index is 1.41. The number of hydrogen-bond acceptors (Lipinski definition) is 8. The summed E-state index contributed by atoms with van der Waals surface area (Å²) >= 11 is 0. The molecular formula is C22H22N6O4. The maximum atomic E-state index is 12.5. The van der Waals surface area contributed by atoms with E-state index in [1.54, 1.807) is 37.4 Å². The lowest BCUT2D eigenvalue weighted by Crippen LogP contribution is -2.32. The van der Waals surface area contributed by atoms with Gasteiger partial charge in [-0.1, -0.05) is 12.1 Å². The first kappa shape index (κ1) is 21.0. The minimum Gasteiger partial charge on any atom is -0.493 e. The molecular weight excluding hydrogens is 412 g/mol. The quantitative estimate of drug-likeness (QED) is 0.335.